The molecule has 0 aromatic carbocycles. The number of carbonyl (C=O) groups is 1. The van der Waals surface area contributed by atoms with Gasteiger partial charge in [0.05, 0.1) is 5.97 Å². The second-order valence-electron chi connectivity index (χ2n) is 7.06. The fourth-order valence-corrected chi connectivity index (χ4v) is 3.32. The number of hydrogen-bond acceptors (Lipinski definition) is 4. The Morgan fingerprint density at radius 3 is 2.10 bits per heavy atom. The van der Waals surface area contributed by atoms with Gasteiger partial charge in [-0.25, -0.2) is 0 Å². The van der Waals surface area contributed by atoms with Crippen LogP contribution < -0.4 is 34.7 Å². The first-order chi connectivity index (χ1) is 8.94. The van der Waals surface area contributed by atoms with E-state index in [4.69, 9.17) is 0 Å². The second kappa shape index (κ2) is 8.14. The summed E-state index contributed by atoms with van der Waals surface area (Å²) in [5.74, 6) is -0.108. The molecule has 1 saturated heterocycles. The Kier molecular flexibility index (Phi) is 7.50. The molecule has 2 aliphatic rings. The van der Waals surface area contributed by atoms with Gasteiger partial charge in [0.25, 0.3) is 0 Å². The zero-order valence-corrected chi connectivity index (χ0v) is 15.4. The molecule has 0 amide bonds. The minimum absolute atomic E-state index is 0. The Balaban J connectivity index is 0.00000200. The molecule has 1 heterocycles. The van der Waals surface area contributed by atoms with Crippen LogP contribution in [0.1, 0.15) is 39.5 Å². The molecule has 0 radical (unpaired) electrons. The predicted octanol–water partition coefficient (Wildman–Crippen LogP) is -2.43. The molecule has 20 heavy (non-hydrogen) atoms. The number of carboxylic acid groups (broad SMARTS) is 1. The summed E-state index contributed by atoms with van der Waals surface area (Å²) in [5, 5.41) is 10.6. The first kappa shape index (κ1) is 18.4. The summed E-state index contributed by atoms with van der Waals surface area (Å²) in [6, 6.07) is 0. The average Bonchev–Trinajstić information content (AvgIpc) is 2.34. The smallest absolute Gasteiger partial charge is 0.549 e. The van der Waals surface area contributed by atoms with Crippen LogP contribution in [0.3, 0.4) is 0 Å². The summed E-state index contributed by atoms with van der Waals surface area (Å²) in [4.78, 5) is 15.1. The number of nitrogens with zero attached hydrogens (tertiary/aromatic N) is 2. The standard InChI is InChI=1S/C15H28N2O2.Na/c1-15(2)5-3-13(4-6-15)11-16-7-9-17(10-8-16)12-14(18)19;/h13H,3-12H2,1-2H3,(H,18,19);/q;+1/p-1. The van der Waals surface area contributed by atoms with Crippen molar-refractivity contribution in [1.29, 1.82) is 0 Å². The van der Waals surface area contributed by atoms with Crippen LogP contribution in [0.15, 0.2) is 0 Å². The molecule has 0 aromatic rings. The fourth-order valence-electron chi connectivity index (χ4n) is 3.32. The molecule has 0 atom stereocenters. The molecular formula is C15H27N2NaO2. The number of piperazine rings is 1. The van der Waals surface area contributed by atoms with E-state index in [-0.39, 0.29) is 36.1 Å². The Labute approximate surface area is 145 Å². The molecule has 1 aliphatic carbocycles. The van der Waals surface area contributed by atoms with Gasteiger partial charge in [-0.2, -0.15) is 0 Å². The summed E-state index contributed by atoms with van der Waals surface area (Å²) in [5.41, 5.74) is 0.545. The number of carboxylic acids is 1. The number of aliphatic carboxylic acids is 1. The minimum Gasteiger partial charge on any atom is -0.549 e. The first-order valence-corrected chi connectivity index (χ1v) is 7.59. The van der Waals surface area contributed by atoms with E-state index in [0.717, 1.165) is 32.1 Å². The van der Waals surface area contributed by atoms with Gasteiger partial charge in [-0.15, -0.1) is 0 Å². The van der Waals surface area contributed by atoms with Gasteiger partial charge in [-0.1, -0.05) is 13.8 Å². The Morgan fingerprint density at radius 1 is 1.10 bits per heavy atom. The SMILES string of the molecule is CC1(C)CCC(CN2CCN(CC(=O)[O-])CC2)CC1.[Na+]. The van der Waals surface area contributed by atoms with E-state index in [9.17, 15) is 9.90 Å². The van der Waals surface area contributed by atoms with Gasteiger partial charge in [0, 0.05) is 39.3 Å². The first-order valence-electron chi connectivity index (χ1n) is 7.59. The van der Waals surface area contributed by atoms with Gasteiger partial charge in [-0.05, 0) is 37.0 Å². The molecule has 1 saturated carbocycles. The van der Waals surface area contributed by atoms with Gasteiger partial charge in [-0.3, -0.25) is 4.90 Å². The summed E-state index contributed by atoms with van der Waals surface area (Å²) in [7, 11) is 0. The van der Waals surface area contributed by atoms with Gasteiger partial charge in [0.15, 0.2) is 0 Å². The molecular weight excluding hydrogens is 263 g/mol. The zero-order chi connectivity index (χ0) is 13.9. The van der Waals surface area contributed by atoms with Crippen LogP contribution >= 0.6 is 0 Å². The topological polar surface area (TPSA) is 46.6 Å². The van der Waals surface area contributed by atoms with E-state index in [0.29, 0.717) is 5.41 Å². The molecule has 2 rings (SSSR count). The van der Waals surface area contributed by atoms with Crippen molar-refractivity contribution in [2.24, 2.45) is 11.3 Å². The summed E-state index contributed by atoms with van der Waals surface area (Å²) >= 11 is 0. The van der Waals surface area contributed by atoms with Crippen LogP contribution in [-0.4, -0.2) is 55.0 Å². The second-order valence-corrected chi connectivity index (χ2v) is 7.06. The Morgan fingerprint density at radius 2 is 1.60 bits per heavy atom. The van der Waals surface area contributed by atoms with E-state index in [1.54, 1.807) is 0 Å². The molecule has 2 fully saturated rings. The maximum absolute atomic E-state index is 10.6. The van der Waals surface area contributed by atoms with Crippen molar-refractivity contribution < 1.29 is 39.5 Å². The summed E-state index contributed by atoms with van der Waals surface area (Å²) < 4.78 is 0. The third kappa shape index (κ3) is 6.02. The third-order valence-electron chi connectivity index (χ3n) is 4.79. The maximum Gasteiger partial charge on any atom is 1.00 e. The number of rotatable bonds is 4. The average molecular weight is 290 g/mol. The normalized spacial score (nSPS) is 25.1. The van der Waals surface area contributed by atoms with E-state index in [1.807, 2.05) is 4.90 Å². The van der Waals surface area contributed by atoms with E-state index in [1.165, 1.54) is 32.2 Å². The Bertz CT molecular complexity index is 305. The number of carbonyl (C=O) groups excluding carboxylic acids is 1. The van der Waals surface area contributed by atoms with Gasteiger partial charge in [0.1, 0.15) is 0 Å². The third-order valence-corrected chi connectivity index (χ3v) is 4.79. The van der Waals surface area contributed by atoms with Crippen LogP contribution in [0.4, 0.5) is 0 Å². The summed E-state index contributed by atoms with van der Waals surface area (Å²) in [6.07, 6.45) is 5.41. The molecule has 0 bridgehead atoms. The van der Waals surface area contributed by atoms with E-state index in [2.05, 4.69) is 18.7 Å². The summed E-state index contributed by atoms with van der Waals surface area (Å²) in [6.45, 7) is 9.79. The van der Waals surface area contributed by atoms with E-state index < -0.39 is 5.97 Å². The van der Waals surface area contributed by atoms with Crippen LogP contribution in [0.25, 0.3) is 0 Å². The van der Waals surface area contributed by atoms with Crippen molar-refractivity contribution in [2.45, 2.75) is 39.5 Å². The molecule has 4 nitrogen and oxygen atoms in total. The molecule has 5 heteroatoms. The fraction of sp³-hybridized carbons (Fsp3) is 0.933. The van der Waals surface area contributed by atoms with Crippen LogP contribution in [0.2, 0.25) is 0 Å². The molecule has 0 spiro atoms. The van der Waals surface area contributed by atoms with Crippen LogP contribution in [0, 0.1) is 11.3 Å². The van der Waals surface area contributed by atoms with Gasteiger partial charge in [0.2, 0.25) is 0 Å². The van der Waals surface area contributed by atoms with Crippen molar-refractivity contribution in [3.8, 4) is 0 Å². The van der Waals surface area contributed by atoms with Crippen molar-refractivity contribution in [3.05, 3.63) is 0 Å². The minimum atomic E-state index is -0.956. The van der Waals surface area contributed by atoms with Crippen LogP contribution in [-0.2, 0) is 4.79 Å². The maximum atomic E-state index is 10.6. The monoisotopic (exact) mass is 290 g/mol. The van der Waals surface area contributed by atoms with Crippen LogP contribution in [0.5, 0.6) is 0 Å². The Hall–Kier alpha value is 0.390. The molecule has 0 aromatic heterocycles. The van der Waals surface area contributed by atoms with Gasteiger partial charge < -0.3 is 14.8 Å². The molecule has 0 N–H and O–H groups in total. The van der Waals surface area contributed by atoms with Crippen molar-refractivity contribution in [3.63, 3.8) is 0 Å². The molecule has 0 unspecified atom stereocenters. The largest absolute Gasteiger partial charge is 1.00 e. The van der Waals surface area contributed by atoms with E-state index >= 15 is 0 Å². The molecule has 1 aliphatic heterocycles. The van der Waals surface area contributed by atoms with Crippen molar-refractivity contribution >= 4 is 5.97 Å². The molecule has 110 valence electrons. The zero-order valence-electron chi connectivity index (χ0n) is 13.4. The number of hydrogen-bond donors (Lipinski definition) is 0. The van der Waals surface area contributed by atoms with Gasteiger partial charge >= 0.3 is 29.6 Å². The predicted molar refractivity (Wildman–Crippen MR) is 73.6 cm³/mol. The quantitative estimate of drug-likeness (QED) is 0.541. The van der Waals surface area contributed by atoms with Crippen molar-refractivity contribution in [2.75, 3.05) is 39.3 Å². The van der Waals surface area contributed by atoms with Crippen molar-refractivity contribution in [1.82, 2.24) is 9.80 Å².